The molecular formula is C7H7F3N2. The van der Waals surface area contributed by atoms with E-state index in [1.165, 1.54) is 0 Å². The lowest BCUT2D eigenvalue weighted by Crippen LogP contribution is -2.10. The molecule has 2 nitrogen and oxygen atoms in total. The van der Waals surface area contributed by atoms with Gasteiger partial charge in [0.2, 0.25) is 0 Å². The van der Waals surface area contributed by atoms with Gasteiger partial charge in [-0.05, 0) is 18.5 Å². The standard InChI is InChI=1S/C7H7F3N2/c1-4-2-5(11)3-12-6(4)7(8,9)10/h2-3H,11H2,1H3/i1D3,2D,3D. The van der Waals surface area contributed by atoms with Crippen LogP contribution in [-0.2, 0) is 6.18 Å². The fourth-order valence-corrected chi connectivity index (χ4v) is 0.599. The van der Waals surface area contributed by atoms with E-state index in [9.17, 15) is 13.2 Å². The Balaban J connectivity index is 3.71. The van der Waals surface area contributed by atoms with E-state index in [0.717, 1.165) is 0 Å². The SMILES string of the molecule is [2H]c1nc(C(F)(F)F)c(C([2H])([2H])[2H])c([2H])c1N. The maximum Gasteiger partial charge on any atom is 0.433 e. The molecule has 0 spiro atoms. The van der Waals surface area contributed by atoms with Crippen LogP contribution in [0.2, 0.25) is 0 Å². The first kappa shape index (κ1) is 4.11. The van der Waals surface area contributed by atoms with Gasteiger partial charge in [0.25, 0.3) is 0 Å². The Hall–Kier alpha value is -1.26. The second kappa shape index (κ2) is 2.66. The first-order valence-electron chi connectivity index (χ1n) is 5.30. The number of pyridine rings is 1. The van der Waals surface area contributed by atoms with Gasteiger partial charge in [0.1, 0.15) is 5.69 Å². The highest BCUT2D eigenvalue weighted by atomic mass is 19.4. The highest BCUT2D eigenvalue weighted by Gasteiger charge is 2.34. The molecule has 0 aromatic carbocycles. The molecule has 0 saturated carbocycles. The predicted octanol–water partition coefficient (Wildman–Crippen LogP) is 1.99. The maximum absolute atomic E-state index is 12.6. The summed E-state index contributed by atoms with van der Waals surface area (Å²) in [5.41, 5.74) is 1.40. The molecule has 1 aromatic heterocycles. The maximum atomic E-state index is 12.6. The van der Waals surface area contributed by atoms with Crippen LogP contribution in [0.3, 0.4) is 0 Å². The highest BCUT2D eigenvalue weighted by molar-refractivity contribution is 5.40. The Morgan fingerprint density at radius 3 is 2.83 bits per heavy atom. The summed E-state index contributed by atoms with van der Waals surface area (Å²) in [6.45, 7) is -3.17. The quantitative estimate of drug-likeness (QED) is 0.664. The monoisotopic (exact) mass is 181 g/mol. The van der Waals surface area contributed by atoms with Crippen LogP contribution in [0.15, 0.2) is 12.2 Å². The molecule has 0 fully saturated rings. The van der Waals surface area contributed by atoms with Crippen molar-refractivity contribution in [3.63, 3.8) is 0 Å². The second-order valence-corrected chi connectivity index (χ2v) is 1.98. The Morgan fingerprint density at radius 1 is 1.67 bits per heavy atom. The molecule has 0 aliphatic carbocycles. The van der Waals surface area contributed by atoms with Gasteiger partial charge in [-0.15, -0.1) is 0 Å². The van der Waals surface area contributed by atoms with Gasteiger partial charge in [-0.1, -0.05) is 0 Å². The van der Waals surface area contributed by atoms with Crippen molar-refractivity contribution in [3.8, 4) is 0 Å². The van der Waals surface area contributed by atoms with Crippen LogP contribution in [0.25, 0.3) is 0 Å². The zero-order valence-corrected chi connectivity index (χ0v) is 5.66. The zero-order chi connectivity index (χ0) is 13.6. The molecule has 66 valence electrons. The predicted molar refractivity (Wildman–Crippen MR) is 38.4 cm³/mol. The molecule has 0 aliphatic rings. The smallest absolute Gasteiger partial charge is 0.397 e. The lowest BCUT2D eigenvalue weighted by atomic mass is 10.2. The molecule has 1 rings (SSSR count). The summed E-state index contributed by atoms with van der Waals surface area (Å²) in [5, 5.41) is 0. The number of nitrogen functional groups attached to an aromatic ring is 1. The summed E-state index contributed by atoms with van der Waals surface area (Å²) < 4.78 is 72.8. The number of aromatic nitrogens is 1. The van der Waals surface area contributed by atoms with Crippen LogP contribution in [0, 0.1) is 6.85 Å². The summed E-state index contributed by atoms with van der Waals surface area (Å²) in [6.07, 6.45) is -6.02. The molecule has 5 heteroatoms. The lowest BCUT2D eigenvalue weighted by molar-refractivity contribution is -0.141. The summed E-state index contributed by atoms with van der Waals surface area (Å²) in [4.78, 5) is 2.81. The topological polar surface area (TPSA) is 38.9 Å². The zero-order valence-electron chi connectivity index (χ0n) is 10.7. The molecule has 0 saturated heterocycles. The van der Waals surface area contributed by atoms with E-state index in [-0.39, 0.29) is 0 Å². The van der Waals surface area contributed by atoms with E-state index in [1.807, 2.05) is 0 Å². The number of nitrogens with two attached hydrogens (primary N) is 1. The van der Waals surface area contributed by atoms with Crippen LogP contribution in [0.4, 0.5) is 18.9 Å². The molecule has 12 heavy (non-hydrogen) atoms. The van der Waals surface area contributed by atoms with Crippen LogP contribution in [0.1, 0.15) is 18.1 Å². The number of hydrogen-bond acceptors (Lipinski definition) is 2. The van der Waals surface area contributed by atoms with Crippen LogP contribution in [0.5, 0.6) is 0 Å². The lowest BCUT2D eigenvalue weighted by Gasteiger charge is -2.08. The Bertz CT molecular complexity index is 454. The molecule has 0 bridgehead atoms. The largest absolute Gasteiger partial charge is 0.433 e. The summed E-state index contributed by atoms with van der Waals surface area (Å²) in [5.74, 6) is 0. The molecular weight excluding hydrogens is 169 g/mol. The summed E-state index contributed by atoms with van der Waals surface area (Å²) in [6, 6.07) is -1.03. The first-order chi connectivity index (χ1) is 7.46. The fraction of sp³-hybridized carbons (Fsp3) is 0.286. The average Bonchev–Trinajstić information content (AvgIpc) is 2.09. The third-order valence-corrected chi connectivity index (χ3v) is 1.05. The number of hydrogen-bond donors (Lipinski definition) is 1. The second-order valence-electron chi connectivity index (χ2n) is 1.98. The van der Waals surface area contributed by atoms with Crippen molar-refractivity contribution in [1.29, 1.82) is 0 Å². The van der Waals surface area contributed by atoms with Crippen molar-refractivity contribution in [2.45, 2.75) is 13.0 Å². The van der Waals surface area contributed by atoms with Crippen LogP contribution >= 0.6 is 0 Å². The first-order valence-corrected chi connectivity index (χ1v) is 2.80. The van der Waals surface area contributed by atoms with E-state index in [1.54, 1.807) is 0 Å². The Kier molecular flexibility index (Phi) is 0.910. The van der Waals surface area contributed by atoms with Gasteiger partial charge >= 0.3 is 6.18 Å². The van der Waals surface area contributed by atoms with Gasteiger partial charge in [-0.2, -0.15) is 13.2 Å². The van der Waals surface area contributed by atoms with Crippen LogP contribution in [-0.4, -0.2) is 4.98 Å². The highest BCUT2D eigenvalue weighted by Crippen LogP contribution is 2.30. The van der Waals surface area contributed by atoms with Gasteiger partial charge in [-0.3, -0.25) is 0 Å². The van der Waals surface area contributed by atoms with Crippen molar-refractivity contribution in [2.75, 3.05) is 5.73 Å². The van der Waals surface area contributed by atoms with Gasteiger partial charge in [-0.25, -0.2) is 4.98 Å². The molecule has 1 heterocycles. The minimum Gasteiger partial charge on any atom is -0.397 e. The Morgan fingerprint density at radius 2 is 2.33 bits per heavy atom. The van der Waals surface area contributed by atoms with E-state index < -0.39 is 42.2 Å². The van der Waals surface area contributed by atoms with Crippen molar-refractivity contribution in [3.05, 3.63) is 23.5 Å². The van der Waals surface area contributed by atoms with Crippen molar-refractivity contribution in [1.82, 2.24) is 4.98 Å². The van der Waals surface area contributed by atoms with Crippen molar-refractivity contribution < 1.29 is 20.0 Å². The number of anilines is 1. The third-order valence-electron chi connectivity index (χ3n) is 1.05. The van der Waals surface area contributed by atoms with E-state index in [2.05, 4.69) is 4.98 Å². The molecule has 1 aromatic rings. The number of halogens is 3. The number of rotatable bonds is 0. The minimum absolute atomic E-state index is 0.691. The molecule has 0 atom stereocenters. The molecule has 0 aliphatic heterocycles. The van der Waals surface area contributed by atoms with Gasteiger partial charge < -0.3 is 5.73 Å². The van der Waals surface area contributed by atoms with Gasteiger partial charge in [0, 0.05) is 4.11 Å². The van der Waals surface area contributed by atoms with Crippen molar-refractivity contribution in [2.24, 2.45) is 0 Å². The minimum atomic E-state index is -5.05. The third kappa shape index (κ3) is 1.66. The van der Waals surface area contributed by atoms with Gasteiger partial charge in [0.05, 0.1) is 14.6 Å². The van der Waals surface area contributed by atoms with E-state index in [0.29, 0.717) is 0 Å². The molecule has 0 amide bonds. The Labute approximate surface area is 74.2 Å². The summed E-state index contributed by atoms with van der Waals surface area (Å²) in [7, 11) is 0. The van der Waals surface area contributed by atoms with E-state index in [4.69, 9.17) is 12.6 Å². The molecule has 0 radical (unpaired) electrons. The van der Waals surface area contributed by atoms with Crippen LogP contribution < -0.4 is 5.73 Å². The number of nitrogens with zero attached hydrogens (tertiary/aromatic N) is 1. The number of alkyl halides is 3. The van der Waals surface area contributed by atoms with E-state index >= 15 is 0 Å². The van der Waals surface area contributed by atoms with Gasteiger partial charge in [0.15, 0.2) is 0 Å². The normalized spacial score (nSPS) is 18.8. The molecule has 2 N–H and O–H groups in total. The molecule has 0 unspecified atom stereocenters. The average molecular weight is 181 g/mol. The fourth-order valence-electron chi connectivity index (χ4n) is 0.599. The summed E-state index contributed by atoms with van der Waals surface area (Å²) >= 11 is 0. The van der Waals surface area contributed by atoms with Crippen molar-refractivity contribution >= 4 is 5.69 Å².